The molecule has 0 aromatic carbocycles. The van der Waals surface area contributed by atoms with Crippen LogP contribution in [0.3, 0.4) is 0 Å². The van der Waals surface area contributed by atoms with E-state index < -0.39 is 0 Å². The van der Waals surface area contributed by atoms with Gasteiger partial charge in [-0.3, -0.25) is 0 Å². The van der Waals surface area contributed by atoms with Gasteiger partial charge < -0.3 is 10.2 Å². The molecular formula is C14H26N2. The van der Waals surface area contributed by atoms with Crippen molar-refractivity contribution in [3.05, 3.63) is 12.7 Å². The van der Waals surface area contributed by atoms with Crippen molar-refractivity contribution in [2.75, 3.05) is 33.2 Å². The first kappa shape index (κ1) is 12.1. The molecule has 1 saturated carbocycles. The van der Waals surface area contributed by atoms with Crippen molar-refractivity contribution in [2.45, 2.75) is 32.1 Å². The zero-order valence-electron chi connectivity index (χ0n) is 10.7. The van der Waals surface area contributed by atoms with Gasteiger partial charge in [-0.2, -0.15) is 0 Å². The molecule has 1 heterocycles. The quantitative estimate of drug-likeness (QED) is 0.548. The average Bonchev–Trinajstić information content (AvgIpc) is 2.92. The van der Waals surface area contributed by atoms with Crippen LogP contribution in [0, 0.1) is 11.3 Å². The van der Waals surface area contributed by atoms with Gasteiger partial charge in [-0.25, -0.2) is 0 Å². The number of unbranched alkanes of at least 4 members (excludes halogenated alkanes) is 1. The predicted molar refractivity (Wildman–Crippen MR) is 69.6 cm³/mol. The van der Waals surface area contributed by atoms with Crippen LogP contribution in [-0.2, 0) is 0 Å². The summed E-state index contributed by atoms with van der Waals surface area (Å²) in [6, 6.07) is 0. The first-order valence-electron chi connectivity index (χ1n) is 6.77. The molecule has 2 fully saturated rings. The highest BCUT2D eigenvalue weighted by Crippen LogP contribution is 2.58. The molecule has 16 heavy (non-hydrogen) atoms. The molecule has 92 valence electrons. The molecule has 1 unspecified atom stereocenters. The van der Waals surface area contributed by atoms with Gasteiger partial charge >= 0.3 is 0 Å². The second-order valence-electron chi connectivity index (χ2n) is 5.71. The first-order valence-corrected chi connectivity index (χ1v) is 6.77. The summed E-state index contributed by atoms with van der Waals surface area (Å²) >= 11 is 0. The first-order chi connectivity index (χ1) is 7.77. The Balaban J connectivity index is 1.65. The predicted octanol–water partition coefficient (Wildman–Crippen LogP) is 2.27. The fraction of sp³-hybridized carbons (Fsp3) is 0.857. The Morgan fingerprint density at radius 1 is 1.44 bits per heavy atom. The number of nitrogens with one attached hydrogen (secondary N) is 1. The van der Waals surface area contributed by atoms with E-state index in [4.69, 9.17) is 0 Å². The van der Waals surface area contributed by atoms with Crippen molar-refractivity contribution in [3.63, 3.8) is 0 Å². The topological polar surface area (TPSA) is 15.3 Å². The number of nitrogens with zero attached hydrogens (tertiary/aromatic N) is 1. The average molecular weight is 222 g/mol. The van der Waals surface area contributed by atoms with Crippen molar-refractivity contribution in [2.24, 2.45) is 11.3 Å². The van der Waals surface area contributed by atoms with E-state index in [0.29, 0.717) is 0 Å². The Morgan fingerprint density at radius 2 is 2.19 bits per heavy atom. The normalized spacial score (nSPS) is 27.2. The summed E-state index contributed by atoms with van der Waals surface area (Å²) < 4.78 is 0. The molecule has 1 aliphatic heterocycles. The highest BCUT2D eigenvalue weighted by molar-refractivity contribution is 5.05. The van der Waals surface area contributed by atoms with Gasteiger partial charge in [0.2, 0.25) is 0 Å². The molecule has 2 heteroatoms. The Bertz CT molecular complexity index is 231. The van der Waals surface area contributed by atoms with Crippen LogP contribution < -0.4 is 5.32 Å². The zero-order valence-corrected chi connectivity index (χ0v) is 10.7. The monoisotopic (exact) mass is 222 g/mol. The molecule has 0 radical (unpaired) electrons. The molecule has 2 aliphatic rings. The summed E-state index contributed by atoms with van der Waals surface area (Å²) in [5.41, 5.74) is 0.748. The van der Waals surface area contributed by atoms with E-state index in [1.165, 1.54) is 51.9 Å². The van der Waals surface area contributed by atoms with E-state index in [1.807, 2.05) is 6.08 Å². The summed E-state index contributed by atoms with van der Waals surface area (Å²) in [5, 5.41) is 3.47. The molecular weight excluding hydrogens is 196 g/mol. The maximum absolute atomic E-state index is 3.77. The SMILES string of the molecule is C=CCCCN(C)CC1CC12CCNCC2. The van der Waals surface area contributed by atoms with Gasteiger partial charge in [-0.15, -0.1) is 6.58 Å². The minimum atomic E-state index is 0.748. The summed E-state index contributed by atoms with van der Waals surface area (Å²) in [4.78, 5) is 2.52. The van der Waals surface area contributed by atoms with Crippen molar-refractivity contribution in [1.29, 1.82) is 0 Å². The molecule has 2 nitrogen and oxygen atoms in total. The number of rotatable bonds is 6. The molecule has 0 bridgehead atoms. The number of allylic oxidation sites excluding steroid dienone is 1. The Kier molecular flexibility index (Phi) is 4.04. The Labute approximate surface area is 100 Å². The van der Waals surface area contributed by atoms with E-state index in [-0.39, 0.29) is 0 Å². The second-order valence-corrected chi connectivity index (χ2v) is 5.71. The minimum Gasteiger partial charge on any atom is -0.317 e. The lowest BCUT2D eigenvalue weighted by Crippen LogP contribution is -2.32. The Hall–Kier alpha value is -0.340. The molecule has 1 atom stereocenters. The van der Waals surface area contributed by atoms with Crippen molar-refractivity contribution < 1.29 is 0 Å². The van der Waals surface area contributed by atoms with E-state index in [2.05, 4.69) is 23.8 Å². The molecule has 1 saturated heterocycles. The van der Waals surface area contributed by atoms with Crippen LogP contribution in [0.4, 0.5) is 0 Å². The van der Waals surface area contributed by atoms with E-state index in [9.17, 15) is 0 Å². The largest absolute Gasteiger partial charge is 0.317 e. The lowest BCUT2D eigenvalue weighted by atomic mass is 9.92. The summed E-state index contributed by atoms with van der Waals surface area (Å²) in [7, 11) is 2.27. The molecule has 1 spiro atoms. The fourth-order valence-electron chi connectivity index (χ4n) is 3.20. The van der Waals surface area contributed by atoms with Crippen LogP contribution >= 0.6 is 0 Å². The van der Waals surface area contributed by atoms with Gasteiger partial charge in [0, 0.05) is 6.54 Å². The summed E-state index contributed by atoms with van der Waals surface area (Å²) in [5.74, 6) is 0.989. The van der Waals surface area contributed by atoms with E-state index in [0.717, 1.165) is 17.8 Å². The van der Waals surface area contributed by atoms with Crippen LogP contribution in [-0.4, -0.2) is 38.1 Å². The molecule has 0 aromatic rings. The van der Waals surface area contributed by atoms with Crippen LogP contribution in [0.25, 0.3) is 0 Å². The lowest BCUT2D eigenvalue weighted by Gasteiger charge is -2.25. The highest BCUT2D eigenvalue weighted by atomic mass is 15.1. The number of piperidine rings is 1. The molecule has 0 amide bonds. The minimum absolute atomic E-state index is 0.748. The smallest absolute Gasteiger partial charge is 0.00121 e. The summed E-state index contributed by atoms with van der Waals surface area (Å²) in [6.07, 6.45) is 8.77. The maximum Gasteiger partial charge on any atom is 0.00121 e. The van der Waals surface area contributed by atoms with Crippen LogP contribution in [0.1, 0.15) is 32.1 Å². The Morgan fingerprint density at radius 3 is 2.88 bits per heavy atom. The van der Waals surface area contributed by atoms with Crippen molar-refractivity contribution in [1.82, 2.24) is 10.2 Å². The third-order valence-electron chi connectivity index (χ3n) is 4.44. The third-order valence-corrected chi connectivity index (χ3v) is 4.44. The van der Waals surface area contributed by atoms with Gasteiger partial charge in [0.15, 0.2) is 0 Å². The molecule has 1 N–H and O–H groups in total. The van der Waals surface area contributed by atoms with Gasteiger partial charge in [0.05, 0.1) is 0 Å². The van der Waals surface area contributed by atoms with E-state index in [1.54, 1.807) is 0 Å². The zero-order chi connectivity index (χ0) is 11.4. The second kappa shape index (κ2) is 5.33. The van der Waals surface area contributed by atoms with Gasteiger partial charge in [-0.05, 0) is 70.1 Å². The van der Waals surface area contributed by atoms with Crippen LogP contribution in [0.5, 0.6) is 0 Å². The standard InChI is InChI=1S/C14H26N2/c1-3-4-5-10-16(2)12-13-11-14(13)6-8-15-9-7-14/h3,13,15H,1,4-12H2,2H3. The maximum atomic E-state index is 3.77. The third kappa shape index (κ3) is 2.86. The van der Waals surface area contributed by atoms with Crippen molar-refractivity contribution >= 4 is 0 Å². The fourth-order valence-corrected chi connectivity index (χ4v) is 3.20. The van der Waals surface area contributed by atoms with E-state index >= 15 is 0 Å². The van der Waals surface area contributed by atoms with Gasteiger partial charge in [0.25, 0.3) is 0 Å². The highest BCUT2D eigenvalue weighted by Gasteiger charge is 2.53. The van der Waals surface area contributed by atoms with Crippen LogP contribution in [0.15, 0.2) is 12.7 Å². The van der Waals surface area contributed by atoms with Crippen molar-refractivity contribution in [3.8, 4) is 0 Å². The van der Waals surface area contributed by atoms with Gasteiger partial charge in [-0.1, -0.05) is 6.08 Å². The number of hydrogen-bond donors (Lipinski definition) is 1. The lowest BCUT2D eigenvalue weighted by molar-refractivity contribution is 0.260. The van der Waals surface area contributed by atoms with Gasteiger partial charge in [0.1, 0.15) is 0 Å². The van der Waals surface area contributed by atoms with Crippen LogP contribution in [0.2, 0.25) is 0 Å². The number of hydrogen-bond acceptors (Lipinski definition) is 2. The molecule has 0 aromatic heterocycles. The molecule has 1 aliphatic carbocycles. The molecule has 2 rings (SSSR count). The summed E-state index contributed by atoms with van der Waals surface area (Å²) in [6.45, 7) is 8.82.